The molecule has 1 saturated carbocycles. The topological polar surface area (TPSA) is 35.5 Å². The minimum atomic E-state index is -0.714. The standard InChI is InChI=1S/C14H22O3/c1-5-7-13(4)11(15)6-8-14(13)16-9-12(2,3)10-17-14/h5H,1,6-10H2,2-4H3. The average Bonchev–Trinajstić information content (AvgIpc) is 2.49. The second-order valence-corrected chi connectivity index (χ2v) is 6.24. The maximum absolute atomic E-state index is 12.1. The van der Waals surface area contributed by atoms with Gasteiger partial charge in [0.05, 0.1) is 18.6 Å². The maximum Gasteiger partial charge on any atom is 0.181 e. The van der Waals surface area contributed by atoms with Crippen LogP contribution >= 0.6 is 0 Å². The molecule has 17 heavy (non-hydrogen) atoms. The molecular weight excluding hydrogens is 216 g/mol. The molecule has 3 heteroatoms. The Labute approximate surface area is 103 Å². The summed E-state index contributed by atoms with van der Waals surface area (Å²) in [5, 5.41) is 0. The zero-order valence-corrected chi connectivity index (χ0v) is 11.0. The normalized spacial score (nSPS) is 35.1. The average molecular weight is 238 g/mol. The fourth-order valence-corrected chi connectivity index (χ4v) is 2.77. The smallest absolute Gasteiger partial charge is 0.181 e. The Balaban J connectivity index is 2.25. The SMILES string of the molecule is C=CCC1(C)C(=O)CCC12OCC(C)(C)CO2. The molecule has 1 spiro atoms. The van der Waals surface area contributed by atoms with Crippen molar-refractivity contribution in [2.45, 2.75) is 45.8 Å². The van der Waals surface area contributed by atoms with Gasteiger partial charge < -0.3 is 9.47 Å². The van der Waals surface area contributed by atoms with Crippen LogP contribution < -0.4 is 0 Å². The third kappa shape index (κ3) is 1.85. The van der Waals surface area contributed by atoms with Crippen molar-refractivity contribution in [3.8, 4) is 0 Å². The molecule has 2 rings (SSSR count). The zero-order chi connectivity index (χ0) is 12.7. The molecule has 96 valence electrons. The molecule has 1 heterocycles. The molecule has 0 aromatic heterocycles. The Morgan fingerprint density at radius 1 is 1.29 bits per heavy atom. The van der Waals surface area contributed by atoms with Gasteiger partial charge in [-0.1, -0.05) is 19.9 Å². The summed E-state index contributed by atoms with van der Waals surface area (Å²) in [5.74, 6) is -0.481. The number of ether oxygens (including phenoxy) is 2. The van der Waals surface area contributed by atoms with E-state index in [1.807, 2.05) is 6.92 Å². The van der Waals surface area contributed by atoms with Crippen LogP contribution in [0.15, 0.2) is 12.7 Å². The van der Waals surface area contributed by atoms with Crippen molar-refractivity contribution in [2.75, 3.05) is 13.2 Å². The van der Waals surface area contributed by atoms with E-state index in [-0.39, 0.29) is 11.2 Å². The molecule has 1 saturated heterocycles. The third-order valence-corrected chi connectivity index (χ3v) is 4.08. The van der Waals surface area contributed by atoms with Crippen molar-refractivity contribution in [3.63, 3.8) is 0 Å². The Bertz CT molecular complexity index is 335. The van der Waals surface area contributed by atoms with Gasteiger partial charge in [-0.2, -0.15) is 0 Å². The summed E-state index contributed by atoms with van der Waals surface area (Å²) in [6, 6.07) is 0. The summed E-state index contributed by atoms with van der Waals surface area (Å²) in [5.41, 5.74) is -0.531. The molecule has 2 fully saturated rings. The van der Waals surface area contributed by atoms with Crippen molar-refractivity contribution in [3.05, 3.63) is 12.7 Å². The predicted molar refractivity (Wildman–Crippen MR) is 65.6 cm³/mol. The molecule has 0 aromatic carbocycles. The number of Topliss-reactive ketones (excluding diaryl/α,β-unsaturated/α-hetero) is 1. The second-order valence-electron chi connectivity index (χ2n) is 6.24. The van der Waals surface area contributed by atoms with Crippen molar-refractivity contribution >= 4 is 5.78 Å². The van der Waals surface area contributed by atoms with Gasteiger partial charge in [0, 0.05) is 18.3 Å². The summed E-state index contributed by atoms with van der Waals surface area (Å²) in [7, 11) is 0. The lowest BCUT2D eigenvalue weighted by molar-refractivity contribution is -0.330. The van der Waals surface area contributed by atoms with Gasteiger partial charge >= 0.3 is 0 Å². The van der Waals surface area contributed by atoms with E-state index in [0.29, 0.717) is 32.5 Å². The molecule has 0 radical (unpaired) electrons. The van der Waals surface area contributed by atoms with E-state index in [1.54, 1.807) is 6.08 Å². The predicted octanol–water partition coefficient (Wildman–Crippen LogP) is 2.70. The molecule has 1 unspecified atom stereocenters. The quantitative estimate of drug-likeness (QED) is 0.694. The van der Waals surface area contributed by atoms with Gasteiger partial charge in [0.25, 0.3) is 0 Å². The first-order valence-corrected chi connectivity index (χ1v) is 6.27. The molecule has 3 nitrogen and oxygen atoms in total. The summed E-state index contributed by atoms with van der Waals surface area (Å²) in [6.45, 7) is 11.2. The molecule has 1 aliphatic heterocycles. The minimum Gasteiger partial charge on any atom is -0.348 e. The van der Waals surface area contributed by atoms with E-state index in [2.05, 4.69) is 20.4 Å². The van der Waals surface area contributed by atoms with Crippen molar-refractivity contribution in [2.24, 2.45) is 10.8 Å². The molecule has 1 atom stereocenters. The van der Waals surface area contributed by atoms with Crippen LogP contribution in [0.2, 0.25) is 0 Å². The van der Waals surface area contributed by atoms with Gasteiger partial charge in [0.2, 0.25) is 0 Å². The number of hydrogen-bond donors (Lipinski definition) is 0. The molecule has 0 amide bonds. The van der Waals surface area contributed by atoms with Crippen LogP contribution in [0.25, 0.3) is 0 Å². The monoisotopic (exact) mass is 238 g/mol. The number of carbonyl (C=O) groups excluding carboxylic acids is 1. The van der Waals surface area contributed by atoms with Gasteiger partial charge in [0.15, 0.2) is 5.79 Å². The first-order valence-electron chi connectivity index (χ1n) is 6.27. The maximum atomic E-state index is 12.1. The zero-order valence-electron chi connectivity index (χ0n) is 11.0. The van der Waals surface area contributed by atoms with Crippen LogP contribution in [0, 0.1) is 10.8 Å². The number of carbonyl (C=O) groups is 1. The van der Waals surface area contributed by atoms with Crippen molar-refractivity contribution in [1.82, 2.24) is 0 Å². The minimum absolute atomic E-state index is 0.0337. The van der Waals surface area contributed by atoms with Crippen LogP contribution in [-0.2, 0) is 14.3 Å². The Hall–Kier alpha value is -0.670. The molecule has 0 aromatic rings. The highest BCUT2D eigenvalue weighted by Gasteiger charge is 2.61. The van der Waals surface area contributed by atoms with Crippen LogP contribution in [0.5, 0.6) is 0 Å². The molecule has 1 aliphatic carbocycles. The van der Waals surface area contributed by atoms with Gasteiger partial charge in [0.1, 0.15) is 5.78 Å². The van der Waals surface area contributed by atoms with Crippen molar-refractivity contribution < 1.29 is 14.3 Å². The highest BCUT2D eigenvalue weighted by atomic mass is 16.7. The van der Waals surface area contributed by atoms with Crippen LogP contribution in [0.1, 0.15) is 40.0 Å². The lowest BCUT2D eigenvalue weighted by Gasteiger charge is -2.48. The highest BCUT2D eigenvalue weighted by molar-refractivity contribution is 5.88. The number of hydrogen-bond acceptors (Lipinski definition) is 3. The van der Waals surface area contributed by atoms with Crippen molar-refractivity contribution in [1.29, 1.82) is 0 Å². The summed E-state index contributed by atoms with van der Waals surface area (Å²) < 4.78 is 12.0. The van der Waals surface area contributed by atoms with E-state index in [9.17, 15) is 4.79 Å². The van der Waals surface area contributed by atoms with Crippen LogP contribution in [-0.4, -0.2) is 24.8 Å². The largest absolute Gasteiger partial charge is 0.348 e. The lowest BCUT2D eigenvalue weighted by atomic mass is 9.78. The van der Waals surface area contributed by atoms with E-state index in [4.69, 9.17) is 9.47 Å². The summed E-state index contributed by atoms with van der Waals surface area (Å²) in [4.78, 5) is 12.1. The van der Waals surface area contributed by atoms with Gasteiger partial charge in [-0.15, -0.1) is 6.58 Å². The highest BCUT2D eigenvalue weighted by Crippen LogP contribution is 2.52. The Morgan fingerprint density at radius 3 is 2.41 bits per heavy atom. The van der Waals surface area contributed by atoms with E-state index < -0.39 is 11.2 Å². The Kier molecular flexibility index (Phi) is 2.95. The molecule has 0 bridgehead atoms. The first kappa shape index (κ1) is 12.8. The van der Waals surface area contributed by atoms with Crippen LogP contribution in [0.4, 0.5) is 0 Å². The summed E-state index contributed by atoms with van der Waals surface area (Å²) >= 11 is 0. The van der Waals surface area contributed by atoms with Gasteiger partial charge in [-0.3, -0.25) is 4.79 Å². The molecule has 2 aliphatic rings. The fourth-order valence-electron chi connectivity index (χ4n) is 2.77. The van der Waals surface area contributed by atoms with Gasteiger partial charge in [-0.05, 0) is 13.3 Å². The number of allylic oxidation sites excluding steroid dienone is 1. The van der Waals surface area contributed by atoms with E-state index in [1.165, 1.54) is 0 Å². The van der Waals surface area contributed by atoms with E-state index in [0.717, 1.165) is 0 Å². The number of rotatable bonds is 2. The lowest BCUT2D eigenvalue weighted by Crippen LogP contribution is -2.55. The second kappa shape index (κ2) is 3.92. The molecule has 0 N–H and O–H groups in total. The Morgan fingerprint density at radius 2 is 1.88 bits per heavy atom. The third-order valence-electron chi connectivity index (χ3n) is 4.08. The number of ketones is 1. The van der Waals surface area contributed by atoms with E-state index >= 15 is 0 Å². The molecular formula is C14H22O3. The van der Waals surface area contributed by atoms with Gasteiger partial charge in [-0.25, -0.2) is 0 Å². The first-order chi connectivity index (χ1) is 7.85. The van der Waals surface area contributed by atoms with Crippen LogP contribution in [0.3, 0.4) is 0 Å². The fraction of sp³-hybridized carbons (Fsp3) is 0.786. The summed E-state index contributed by atoms with van der Waals surface area (Å²) in [6.07, 6.45) is 3.63.